The van der Waals surface area contributed by atoms with Crippen molar-refractivity contribution in [3.05, 3.63) is 24.3 Å². The highest BCUT2D eigenvalue weighted by Crippen LogP contribution is 2.25. The van der Waals surface area contributed by atoms with E-state index in [1.807, 2.05) is 18.2 Å². The quantitative estimate of drug-likeness (QED) is 0.742. The van der Waals surface area contributed by atoms with Gasteiger partial charge in [-0.2, -0.15) is 0 Å². The van der Waals surface area contributed by atoms with E-state index >= 15 is 0 Å². The third-order valence-electron chi connectivity index (χ3n) is 3.27. The van der Waals surface area contributed by atoms with Crippen molar-refractivity contribution in [1.29, 1.82) is 0 Å². The van der Waals surface area contributed by atoms with Gasteiger partial charge in [0.05, 0.1) is 11.4 Å². The van der Waals surface area contributed by atoms with E-state index in [9.17, 15) is 0 Å². The van der Waals surface area contributed by atoms with E-state index in [1.54, 1.807) is 0 Å². The molecule has 2 heteroatoms. The molecule has 0 unspecified atom stereocenters. The first kappa shape index (κ1) is 10.3. The van der Waals surface area contributed by atoms with Gasteiger partial charge in [-0.25, -0.2) is 0 Å². The molecule has 0 aromatic heterocycles. The highest BCUT2D eigenvalue weighted by Gasteiger charge is 2.12. The van der Waals surface area contributed by atoms with Gasteiger partial charge in [-0.15, -0.1) is 0 Å². The molecule has 1 aromatic carbocycles. The van der Waals surface area contributed by atoms with E-state index in [2.05, 4.69) is 11.4 Å². The van der Waals surface area contributed by atoms with Crippen LogP contribution in [0.3, 0.4) is 0 Å². The van der Waals surface area contributed by atoms with Gasteiger partial charge < -0.3 is 11.1 Å². The number of hydrogen-bond donors (Lipinski definition) is 2. The van der Waals surface area contributed by atoms with Crippen LogP contribution in [0.4, 0.5) is 11.4 Å². The maximum absolute atomic E-state index is 5.87. The fourth-order valence-electron chi connectivity index (χ4n) is 2.30. The Kier molecular flexibility index (Phi) is 3.49. The third kappa shape index (κ3) is 2.88. The molecular weight excluding hydrogens is 184 g/mol. The summed E-state index contributed by atoms with van der Waals surface area (Å²) in [6.45, 7) is 1.08. The molecule has 2 nitrogen and oxygen atoms in total. The molecule has 82 valence electrons. The predicted molar refractivity (Wildman–Crippen MR) is 65.9 cm³/mol. The largest absolute Gasteiger partial charge is 0.397 e. The van der Waals surface area contributed by atoms with Crippen LogP contribution in [0.2, 0.25) is 0 Å². The molecule has 1 aliphatic rings. The topological polar surface area (TPSA) is 38.0 Å². The molecule has 0 atom stereocenters. The molecule has 15 heavy (non-hydrogen) atoms. The van der Waals surface area contributed by atoms with Crippen molar-refractivity contribution in [1.82, 2.24) is 0 Å². The number of hydrogen-bond acceptors (Lipinski definition) is 2. The zero-order valence-corrected chi connectivity index (χ0v) is 9.21. The molecule has 0 heterocycles. The second-order valence-corrected chi connectivity index (χ2v) is 4.47. The Balaban J connectivity index is 1.84. The summed E-state index contributed by atoms with van der Waals surface area (Å²) in [5.74, 6) is 0.846. The molecule has 1 saturated carbocycles. The van der Waals surface area contributed by atoms with Gasteiger partial charge in [-0.05, 0) is 30.9 Å². The van der Waals surface area contributed by atoms with Crippen molar-refractivity contribution in [2.24, 2.45) is 5.92 Å². The highest BCUT2D eigenvalue weighted by atomic mass is 14.9. The maximum atomic E-state index is 5.87. The van der Waals surface area contributed by atoms with E-state index < -0.39 is 0 Å². The lowest BCUT2D eigenvalue weighted by Crippen LogP contribution is -2.17. The van der Waals surface area contributed by atoms with Crippen LogP contribution >= 0.6 is 0 Å². The van der Waals surface area contributed by atoms with Crippen molar-refractivity contribution in [2.45, 2.75) is 32.1 Å². The van der Waals surface area contributed by atoms with Gasteiger partial charge in [0, 0.05) is 6.54 Å². The van der Waals surface area contributed by atoms with Crippen molar-refractivity contribution in [3.63, 3.8) is 0 Å². The predicted octanol–water partition coefficient (Wildman–Crippen LogP) is 3.26. The van der Waals surface area contributed by atoms with Crippen molar-refractivity contribution in [3.8, 4) is 0 Å². The smallest absolute Gasteiger partial charge is 0.0573 e. The lowest BCUT2D eigenvalue weighted by Gasteiger charge is -2.22. The van der Waals surface area contributed by atoms with Gasteiger partial charge in [-0.3, -0.25) is 0 Å². The van der Waals surface area contributed by atoms with Crippen LogP contribution in [0, 0.1) is 5.92 Å². The van der Waals surface area contributed by atoms with E-state index in [0.717, 1.165) is 23.8 Å². The second-order valence-electron chi connectivity index (χ2n) is 4.47. The van der Waals surface area contributed by atoms with Crippen LogP contribution in [-0.2, 0) is 0 Å². The molecule has 0 radical (unpaired) electrons. The molecule has 0 amide bonds. The minimum absolute atomic E-state index is 0.846. The van der Waals surface area contributed by atoms with Gasteiger partial charge in [0.2, 0.25) is 0 Å². The first-order chi connectivity index (χ1) is 7.36. The van der Waals surface area contributed by atoms with Crippen molar-refractivity contribution in [2.75, 3.05) is 17.6 Å². The van der Waals surface area contributed by atoms with Crippen molar-refractivity contribution < 1.29 is 0 Å². The highest BCUT2D eigenvalue weighted by molar-refractivity contribution is 5.65. The molecule has 1 aliphatic carbocycles. The van der Waals surface area contributed by atoms with E-state index in [-0.39, 0.29) is 0 Å². The standard InChI is InChI=1S/C13H20N2/c14-12-8-4-5-9-13(12)15-10-11-6-2-1-3-7-11/h4-5,8-9,11,15H,1-3,6-7,10,14H2. The SMILES string of the molecule is Nc1ccccc1NCC1CCCCC1. The van der Waals surface area contributed by atoms with Gasteiger partial charge in [-0.1, -0.05) is 31.4 Å². The monoisotopic (exact) mass is 204 g/mol. The lowest BCUT2D eigenvalue weighted by atomic mass is 9.89. The zero-order chi connectivity index (χ0) is 10.5. The second kappa shape index (κ2) is 5.06. The first-order valence-corrected chi connectivity index (χ1v) is 5.94. The molecular formula is C13H20N2. The number of nitrogen functional groups attached to an aromatic ring is 1. The Labute approximate surface area is 91.9 Å². The number of nitrogens with one attached hydrogen (secondary N) is 1. The van der Waals surface area contributed by atoms with Gasteiger partial charge >= 0.3 is 0 Å². The molecule has 0 aliphatic heterocycles. The fourth-order valence-corrected chi connectivity index (χ4v) is 2.30. The average Bonchev–Trinajstić information content (AvgIpc) is 2.29. The summed E-state index contributed by atoms with van der Waals surface area (Å²) in [5, 5.41) is 3.46. The summed E-state index contributed by atoms with van der Waals surface area (Å²) in [6.07, 6.45) is 6.97. The fraction of sp³-hybridized carbons (Fsp3) is 0.538. The zero-order valence-electron chi connectivity index (χ0n) is 9.21. The van der Waals surface area contributed by atoms with Crippen LogP contribution < -0.4 is 11.1 Å². The molecule has 1 fully saturated rings. The van der Waals surface area contributed by atoms with Crippen LogP contribution in [0.1, 0.15) is 32.1 Å². The van der Waals surface area contributed by atoms with Gasteiger partial charge in [0.25, 0.3) is 0 Å². The summed E-state index contributed by atoms with van der Waals surface area (Å²) < 4.78 is 0. The Hall–Kier alpha value is -1.18. The Morgan fingerprint density at radius 1 is 1.13 bits per heavy atom. The summed E-state index contributed by atoms with van der Waals surface area (Å²) in [5.41, 5.74) is 7.81. The normalized spacial score (nSPS) is 17.6. The molecule has 0 bridgehead atoms. The minimum Gasteiger partial charge on any atom is -0.397 e. The van der Waals surface area contributed by atoms with E-state index in [4.69, 9.17) is 5.73 Å². The molecule has 0 saturated heterocycles. The van der Waals surface area contributed by atoms with Gasteiger partial charge in [0.1, 0.15) is 0 Å². The maximum Gasteiger partial charge on any atom is 0.0573 e. The van der Waals surface area contributed by atoms with E-state index in [0.29, 0.717) is 0 Å². The summed E-state index contributed by atoms with van der Waals surface area (Å²) in [7, 11) is 0. The van der Waals surface area contributed by atoms with Crippen LogP contribution in [-0.4, -0.2) is 6.54 Å². The Bertz CT molecular complexity index is 303. The van der Waals surface area contributed by atoms with Crippen LogP contribution in [0.5, 0.6) is 0 Å². The summed E-state index contributed by atoms with van der Waals surface area (Å²) >= 11 is 0. The molecule has 1 aromatic rings. The number of rotatable bonds is 3. The average molecular weight is 204 g/mol. The van der Waals surface area contributed by atoms with Crippen LogP contribution in [0.15, 0.2) is 24.3 Å². The third-order valence-corrected chi connectivity index (χ3v) is 3.27. The van der Waals surface area contributed by atoms with Gasteiger partial charge in [0.15, 0.2) is 0 Å². The van der Waals surface area contributed by atoms with Crippen molar-refractivity contribution >= 4 is 11.4 Å². The molecule has 0 spiro atoms. The number of benzene rings is 1. The molecule has 3 N–H and O–H groups in total. The lowest BCUT2D eigenvalue weighted by molar-refractivity contribution is 0.373. The molecule has 2 rings (SSSR count). The van der Waals surface area contributed by atoms with Crippen LogP contribution in [0.25, 0.3) is 0 Å². The first-order valence-electron chi connectivity index (χ1n) is 5.94. The summed E-state index contributed by atoms with van der Waals surface area (Å²) in [4.78, 5) is 0. The number of anilines is 2. The minimum atomic E-state index is 0.846. The Morgan fingerprint density at radius 3 is 2.60 bits per heavy atom. The Morgan fingerprint density at radius 2 is 1.87 bits per heavy atom. The number of nitrogens with two attached hydrogens (primary N) is 1. The van der Waals surface area contributed by atoms with E-state index in [1.165, 1.54) is 32.1 Å². The number of para-hydroxylation sites is 2. The summed E-state index contributed by atoms with van der Waals surface area (Å²) in [6, 6.07) is 8.00.